The summed E-state index contributed by atoms with van der Waals surface area (Å²) >= 11 is 0. The lowest BCUT2D eigenvalue weighted by molar-refractivity contribution is 0.101. The smallest absolute Gasteiger partial charge is 0.160 e. The molecule has 0 fully saturated rings. The Bertz CT molecular complexity index is 332. The van der Waals surface area contributed by atoms with Crippen molar-refractivity contribution in [3.63, 3.8) is 0 Å². The fourth-order valence-electron chi connectivity index (χ4n) is 1.25. The normalized spacial score (nSPS) is 12.5. The Balaban J connectivity index is 3.26. The highest BCUT2D eigenvalue weighted by molar-refractivity contribution is 5.96. The number of Topliss-reactive ketones (excluding diaryl/α,β-unsaturated/α-hetero) is 1. The highest BCUT2D eigenvalue weighted by atomic mass is 16.3. The fourth-order valence-corrected chi connectivity index (χ4v) is 1.25. The molecule has 1 atom stereocenters. The van der Waals surface area contributed by atoms with Crippen molar-refractivity contribution in [2.24, 2.45) is 0 Å². The molecule has 0 aromatic heterocycles. The van der Waals surface area contributed by atoms with E-state index in [4.69, 9.17) is 5.73 Å². The number of benzene rings is 1. The third-order valence-corrected chi connectivity index (χ3v) is 1.91. The molecule has 0 bridgehead atoms. The average Bonchev–Trinajstić information content (AvgIpc) is 2.03. The van der Waals surface area contributed by atoms with Crippen LogP contribution in [0, 0.1) is 0 Å². The molecule has 70 valence electrons. The number of hydrogen-bond donors (Lipinski definition) is 2. The van der Waals surface area contributed by atoms with E-state index in [9.17, 15) is 9.90 Å². The zero-order valence-corrected chi connectivity index (χ0v) is 7.74. The van der Waals surface area contributed by atoms with Crippen molar-refractivity contribution in [1.29, 1.82) is 0 Å². The molecule has 3 heteroatoms. The molecule has 3 nitrogen and oxygen atoms in total. The number of aliphatic hydroxyl groups is 1. The van der Waals surface area contributed by atoms with E-state index in [-0.39, 0.29) is 5.78 Å². The number of anilines is 1. The Labute approximate surface area is 77.2 Å². The second-order valence-electron chi connectivity index (χ2n) is 3.08. The van der Waals surface area contributed by atoms with Crippen LogP contribution in [0.5, 0.6) is 0 Å². The molecular weight excluding hydrogens is 166 g/mol. The van der Waals surface area contributed by atoms with Crippen LogP contribution in [-0.2, 0) is 0 Å². The van der Waals surface area contributed by atoms with Gasteiger partial charge in [0.25, 0.3) is 0 Å². The maximum Gasteiger partial charge on any atom is 0.160 e. The van der Waals surface area contributed by atoms with Crippen LogP contribution >= 0.6 is 0 Å². The summed E-state index contributed by atoms with van der Waals surface area (Å²) in [6.45, 7) is 3.08. The second kappa shape index (κ2) is 3.58. The maximum absolute atomic E-state index is 11.1. The molecule has 0 amide bonds. The number of rotatable bonds is 2. The summed E-state index contributed by atoms with van der Waals surface area (Å²) in [5.41, 5.74) is 7.22. The number of ketones is 1. The Morgan fingerprint density at radius 1 is 1.54 bits per heavy atom. The zero-order chi connectivity index (χ0) is 10.0. The minimum Gasteiger partial charge on any atom is -0.399 e. The SMILES string of the molecule is CC(=O)c1ccc(N)cc1C(C)O. The second-order valence-corrected chi connectivity index (χ2v) is 3.08. The maximum atomic E-state index is 11.1. The molecular formula is C10H13NO2. The molecule has 0 heterocycles. The Kier molecular flexibility index (Phi) is 2.68. The third-order valence-electron chi connectivity index (χ3n) is 1.91. The fraction of sp³-hybridized carbons (Fsp3) is 0.300. The van der Waals surface area contributed by atoms with E-state index >= 15 is 0 Å². The van der Waals surface area contributed by atoms with Gasteiger partial charge in [0, 0.05) is 11.3 Å². The standard InChI is InChI=1S/C10H13NO2/c1-6(12)9-4-3-8(11)5-10(9)7(2)13/h3-5,7,13H,11H2,1-2H3. The Hall–Kier alpha value is -1.35. The van der Waals surface area contributed by atoms with Gasteiger partial charge in [0.15, 0.2) is 5.78 Å². The summed E-state index contributed by atoms with van der Waals surface area (Å²) in [6, 6.07) is 4.92. The molecule has 1 rings (SSSR count). The van der Waals surface area contributed by atoms with Gasteiger partial charge in [-0.3, -0.25) is 4.79 Å². The van der Waals surface area contributed by atoms with Gasteiger partial charge in [-0.25, -0.2) is 0 Å². The molecule has 0 saturated carbocycles. The van der Waals surface area contributed by atoms with E-state index in [1.165, 1.54) is 6.92 Å². The number of carbonyl (C=O) groups excluding carboxylic acids is 1. The lowest BCUT2D eigenvalue weighted by Gasteiger charge is -2.10. The molecule has 3 N–H and O–H groups in total. The summed E-state index contributed by atoms with van der Waals surface area (Å²) < 4.78 is 0. The quantitative estimate of drug-likeness (QED) is 0.534. The molecule has 0 radical (unpaired) electrons. The molecule has 0 saturated heterocycles. The van der Waals surface area contributed by atoms with Gasteiger partial charge in [0.05, 0.1) is 6.10 Å². The first-order valence-electron chi connectivity index (χ1n) is 4.11. The number of carbonyl (C=O) groups is 1. The largest absolute Gasteiger partial charge is 0.399 e. The van der Waals surface area contributed by atoms with Crippen molar-refractivity contribution >= 4 is 11.5 Å². The van der Waals surface area contributed by atoms with Crippen molar-refractivity contribution in [1.82, 2.24) is 0 Å². The minimum absolute atomic E-state index is 0.0594. The predicted octanol–water partition coefficient (Wildman–Crippen LogP) is 1.52. The van der Waals surface area contributed by atoms with Gasteiger partial charge in [-0.1, -0.05) is 0 Å². The van der Waals surface area contributed by atoms with Crippen LogP contribution in [0.4, 0.5) is 5.69 Å². The first-order valence-corrected chi connectivity index (χ1v) is 4.11. The minimum atomic E-state index is -0.664. The van der Waals surface area contributed by atoms with E-state index in [1.807, 2.05) is 0 Å². The van der Waals surface area contributed by atoms with Crippen LogP contribution in [0.25, 0.3) is 0 Å². The summed E-state index contributed by atoms with van der Waals surface area (Å²) in [5, 5.41) is 9.37. The van der Waals surface area contributed by atoms with E-state index in [0.29, 0.717) is 16.8 Å². The van der Waals surface area contributed by atoms with Crippen LogP contribution < -0.4 is 5.73 Å². The molecule has 1 unspecified atom stereocenters. The predicted molar refractivity (Wildman–Crippen MR) is 51.5 cm³/mol. The lowest BCUT2D eigenvalue weighted by atomic mass is 10.00. The van der Waals surface area contributed by atoms with Gasteiger partial charge in [-0.05, 0) is 37.6 Å². The summed E-state index contributed by atoms with van der Waals surface area (Å²) in [6.07, 6.45) is -0.664. The van der Waals surface area contributed by atoms with Crippen LogP contribution in [-0.4, -0.2) is 10.9 Å². The summed E-state index contributed by atoms with van der Waals surface area (Å²) in [7, 11) is 0. The Morgan fingerprint density at radius 2 is 2.15 bits per heavy atom. The lowest BCUT2D eigenvalue weighted by Crippen LogP contribution is -2.03. The monoisotopic (exact) mass is 179 g/mol. The van der Waals surface area contributed by atoms with Crippen molar-refractivity contribution in [3.05, 3.63) is 29.3 Å². The van der Waals surface area contributed by atoms with Crippen molar-refractivity contribution in [2.75, 3.05) is 5.73 Å². The van der Waals surface area contributed by atoms with E-state index in [0.717, 1.165) is 0 Å². The van der Waals surface area contributed by atoms with Gasteiger partial charge < -0.3 is 10.8 Å². The first kappa shape index (κ1) is 9.74. The van der Waals surface area contributed by atoms with Gasteiger partial charge in [0.1, 0.15) is 0 Å². The molecule has 0 aliphatic carbocycles. The molecule has 0 aliphatic heterocycles. The van der Waals surface area contributed by atoms with Crippen LogP contribution in [0.2, 0.25) is 0 Å². The molecule has 1 aromatic carbocycles. The van der Waals surface area contributed by atoms with E-state index in [2.05, 4.69) is 0 Å². The topological polar surface area (TPSA) is 63.3 Å². The van der Waals surface area contributed by atoms with Gasteiger partial charge >= 0.3 is 0 Å². The highest BCUT2D eigenvalue weighted by Gasteiger charge is 2.11. The molecule has 13 heavy (non-hydrogen) atoms. The van der Waals surface area contributed by atoms with Gasteiger partial charge in [-0.2, -0.15) is 0 Å². The third kappa shape index (κ3) is 2.06. The van der Waals surface area contributed by atoms with Crippen LogP contribution in [0.3, 0.4) is 0 Å². The summed E-state index contributed by atoms with van der Waals surface area (Å²) in [5.74, 6) is -0.0594. The van der Waals surface area contributed by atoms with Crippen molar-refractivity contribution < 1.29 is 9.90 Å². The number of aliphatic hydroxyl groups excluding tert-OH is 1. The van der Waals surface area contributed by atoms with E-state index < -0.39 is 6.10 Å². The molecule has 1 aromatic rings. The number of hydrogen-bond acceptors (Lipinski definition) is 3. The van der Waals surface area contributed by atoms with Crippen LogP contribution in [0.15, 0.2) is 18.2 Å². The Morgan fingerprint density at radius 3 is 2.62 bits per heavy atom. The zero-order valence-electron chi connectivity index (χ0n) is 7.74. The molecule has 0 aliphatic rings. The number of nitrogen functional groups attached to an aromatic ring is 1. The number of nitrogens with two attached hydrogens (primary N) is 1. The van der Waals surface area contributed by atoms with Gasteiger partial charge in [-0.15, -0.1) is 0 Å². The molecule has 0 spiro atoms. The van der Waals surface area contributed by atoms with Crippen LogP contribution in [0.1, 0.15) is 35.9 Å². The highest BCUT2D eigenvalue weighted by Crippen LogP contribution is 2.20. The van der Waals surface area contributed by atoms with Crippen molar-refractivity contribution in [2.45, 2.75) is 20.0 Å². The van der Waals surface area contributed by atoms with Crippen molar-refractivity contribution in [3.8, 4) is 0 Å². The van der Waals surface area contributed by atoms with Gasteiger partial charge in [0.2, 0.25) is 0 Å². The average molecular weight is 179 g/mol. The summed E-state index contributed by atoms with van der Waals surface area (Å²) in [4.78, 5) is 11.1. The van der Waals surface area contributed by atoms with E-state index in [1.54, 1.807) is 25.1 Å². The first-order chi connectivity index (χ1) is 6.02.